The number of rotatable bonds is 6. The number of aromatic nitrogens is 1. The zero-order chi connectivity index (χ0) is 26.3. The highest BCUT2D eigenvalue weighted by molar-refractivity contribution is 6.33. The molecule has 186 valence electrons. The number of aliphatic hydroxyl groups is 1. The average molecular weight is 551 g/mol. The van der Waals surface area contributed by atoms with E-state index < -0.39 is 39.8 Å². The monoisotopic (exact) mass is 549 g/mol. The van der Waals surface area contributed by atoms with Gasteiger partial charge in [-0.1, -0.05) is 47.8 Å². The van der Waals surface area contributed by atoms with E-state index in [2.05, 4.69) is 0 Å². The van der Waals surface area contributed by atoms with Crippen molar-refractivity contribution in [1.82, 2.24) is 4.57 Å². The van der Waals surface area contributed by atoms with Crippen LogP contribution < -0.4 is 10.3 Å². The van der Waals surface area contributed by atoms with Gasteiger partial charge in [-0.25, -0.2) is 4.79 Å². The summed E-state index contributed by atoms with van der Waals surface area (Å²) in [6.45, 7) is 1.14. The molecule has 1 heterocycles. The number of aryl methyl sites for hydroxylation is 1. The normalized spacial score (nSPS) is 14.3. The molecule has 0 aliphatic rings. The second kappa shape index (κ2) is 9.73. The zero-order valence-corrected chi connectivity index (χ0v) is 20.3. The molecule has 12 heteroatoms. The van der Waals surface area contributed by atoms with E-state index in [1.807, 2.05) is 0 Å². The molecule has 3 aromatic rings. The smallest absolute Gasteiger partial charge is 0.422 e. The SMILES string of the molecule is C[C@@H](c1ccc(Oc2ccc(C(=O)O)c(Cl)c2)cc1Cl)[C@](O)(c1cc(Cl)c(=O)n(C)c1)C(F)(F)F. The Morgan fingerprint density at radius 1 is 1.00 bits per heavy atom. The van der Waals surface area contributed by atoms with Crippen LogP contribution in [-0.4, -0.2) is 26.9 Å². The number of ether oxygens (including phenoxy) is 1. The van der Waals surface area contributed by atoms with Crippen molar-refractivity contribution >= 4 is 40.8 Å². The molecule has 35 heavy (non-hydrogen) atoms. The second-order valence-corrected chi connectivity index (χ2v) is 8.93. The lowest BCUT2D eigenvalue weighted by atomic mass is 9.78. The Morgan fingerprint density at radius 3 is 2.06 bits per heavy atom. The molecule has 6 nitrogen and oxygen atoms in total. The lowest BCUT2D eigenvalue weighted by Crippen LogP contribution is -2.47. The molecule has 0 aliphatic heterocycles. The summed E-state index contributed by atoms with van der Waals surface area (Å²) in [6, 6.07) is 8.48. The van der Waals surface area contributed by atoms with Gasteiger partial charge in [0.2, 0.25) is 0 Å². The largest absolute Gasteiger partial charge is 0.478 e. The summed E-state index contributed by atoms with van der Waals surface area (Å²) >= 11 is 18.0. The molecule has 0 aliphatic carbocycles. The van der Waals surface area contributed by atoms with Gasteiger partial charge in [0.25, 0.3) is 5.56 Å². The molecule has 0 saturated carbocycles. The lowest BCUT2D eigenvalue weighted by Gasteiger charge is -2.37. The molecule has 2 atom stereocenters. The fourth-order valence-electron chi connectivity index (χ4n) is 3.56. The highest BCUT2D eigenvalue weighted by Gasteiger charge is 2.59. The Hall–Kier alpha value is -2.72. The van der Waals surface area contributed by atoms with Crippen molar-refractivity contribution < 1.29 is 32.9 Å². The molecule has 0 saturated heterocycles. The van der Waals surface area contributed by atoms with E-state index in [1.165, 1.54) is 43.4 Å². The van der Waals surface area contributed by atoms with Crippen LogP contribution in [-0.2, 0) is 12.6 Å². The number of benzene rings is 2. The van der Waals surface area contributed by atoms with Gasteiger partial charge >= 0.3 is 12.1 Å². The van der Waals surface area contributed by atoms with E-state index in [0.717, 1.165) is 23.8 Å². The van der Waals surface area contributed by atoms with Crippen LogP contribution in [0.1, 0.15) is 34.3 Å². The van der Waals surface area contributed by atoms with Crippen LogP contribution in [0.25, 0.3) is 0 Å². The predicted octanol–water partition coefficient (Wildman–Crippen LogP) is 6.39. The number of alkyl halides is 3. The highest BCUT2D eigenvalue weighted by atomic mass is 35.5. The van der Waals surface area contributed by atoms with Crippen molar-refractivity contribution in [1.29, 1.82) is 0 Å². The summed E-state index contributed by atoms with van der Waals surface area (Å²) in [5, 5.41) is 19.3. The van der Waals surface area contributed by atoms with Gasteiger partial charge in [-0.2, -0.15) is 13.2 Å². The fourth-order valence-corrected chi connectivity index (χ4v) is 4.39. The van der Waals surface area contributed by atoms with Gasteiger partial charge in [-0.15, -0.1) is 0 Å². The summed E-state index contributed by atoms with van der Waals surface area (Å²) in [5.41, 5.74) is -4.97. The third-order valence-electron chi connectivity index (χ3n) is 5.48. The van der Waals surface area contributed by atoms with E-state index >= 15 is 0 Å². The van der Waals surface area contributed by atoms with E-state index in [0.29, 0.717) is 0 Å². The first-order chi connectivity index (χ1) is 16.2. The van der Waals surface area contributed by atoms with E-state index in [1.54, 1.807) is 0 Å². The second-order valence-electron chi connectivity index (χ2n) is 7.71. The minimum atomic E-state index is -5.16. The fraction of sp³-hybridized carbons (Fsp3) is 0.217. The van der Waals surface area contributed by atoms with Gasteiger partial charge in [0.1, 0.15) is 16.5 Å². The van der Waals surface area contributed by atoms with Gasteiger partial charge in [-0.3, -0.25) is 4.79 Å². The Bertz CT molecular complexity index is 1330. The van der Waals surface area contributed by atoms with Crippen LogP contribution in [0.5, 0.6) is 11.5 Å². The average Bonchev–Trinajstić information content (AvgIpc) is 2.75. The van der Waals surface area contributed by atoms with Crippen LogP contribution in [0.4, 0.5) is 13.2 Å². The summed E-state index contributed by atoms with van der Waals surface area (Å²) in [7, 11) is 1.22. The molecular weight excluding hydrogens is 534 g/mol. The first kappa shape index (κ1) is 26.9. The van der Waals surface area contributed by atoms with Crippen LogP contribution >= 0.6 is 34.8 Å². The number of hydrogen-bond acceptors (Lipinski definition) is 4. The summed E-state index contributed by atoms with van der Waals surface area (Å²) in [6.07, 6.45) is -4.29. The van der Waals surface area contributed by atoms with Crippen LogP contribution in [0.2, 0.25) is 15.1 Å². The number of nitrogens with zero attached hydrogens (tertiary/aromatic N) is 1. The van der Waals surface area contributed by atoms with Gasteiger partial charge in [0, 0.05) is 35.8 Å². The Balaban J connectivity index is 2.00. The lowest BCUT2D eigenvalue weighted by molar-refractivity contribution is -0.274. The van der Waals surface area contributed by atoms with Crippen molar-refractivity contribution in [2.24, 2.45) is 7.05 Å². The maximum absolute atomic E-state index is 14.2. The molecular formula is C23H17Cl3F3NO5. The molecule has 0 unspecified atom stereocenters. The summed E-state index contributed by atoms with van der Waals surface area (Å²) in [5.74, 6) is -2.55. The van der Waals surface area contributed by atoms with Crippen molar-refractivity contribution in [3.05, 3.63) is 90.8 Å². The molecule has 0 amide bonds. The van der Waals surface area contributed by atoms with Gasteiger partial charge < -0.3 is 19.5 Å². The molecule has 2 aromatic carbocycles. The maximum Gasteiger partial charge on any atom is 0.422 e. The highest BCUT2D eigenvalue weighted by Crippen LogP contribution is 2.50. The van der Waals surface area contributed by atoms with Crippen LogP contribution in [0.3, 0.4) is 0 Å². The standard InChI is InChI=1S/C23H17Cl3F3NO5/c1-11(22(34,23(27,28)29)12-7-19(26)20(31)30(2)10-12)15-5-3-13(8-17(15)24)35-14-4-6-16(21(32)33)18(25)9-14/h3-11,34H,1-2H3,(H,32,33)/t11-,22-/m0/s1. The third-order valence-corrected chi connectivity index (χ3v) is 6.39. The quantitative estimate of drug-likeness (QED) is 0.371. The minimum Gasteiger partial charge on any atom is -0.478 e. The Morgan fingerprint density at radius 2 is 1.57 bits per heavy atom. The van der Waals surface area contributed by atoms with E-state index in [4.69, 9.17) is 44.6 Å². The Labute approximate surface area is 212 Å². The predicted molar refractivity (Wildman–Crippen MR) is 125 cm³/mol. The molecule has 2 N–H and O–H groups in total. The van der Waals surface area contributed by atoms with Crippen molar-refractivity contribution in [2.45, 2.75) is 24.6 Å². The Kier molecular flexibility index (Phi) is 7.48. The number of hydrogen-bond donors (Lipinski definition) is 2. The molecule has 0 bridgehead atoms. The third kappa shape index (κ3) is 5.13. The van der Waals surface area contributed by atoms with E-state index in [9.17, 15) is 27.9 Å². The molecule has 0 radical (unpaired) electrons. The number of halogens is 6. The topological polar surface area (TPSA) is 88.8 Å². The molecule has 0 fully saturated rings. The number of carboxylic acids is 1. The van der Waals surface area contributed by atoms with Crippen LogP contribution in [0.15, 0.2) is 53.5 Å². The minimum absolute atomic E-state index is 0.0527. The maximum atomic E-state index is 14.2. The zero-order valence-electron chi connectivity index (χ0n) is 18.0. The van der Waals surface area contributed by atoms with Crippen LogP contribution in [0, 0.1) is 0 Å². The summed E-state index contributed by atoms with van der Waals surface area (Å²) in [4.78, 5) is 22.9. The van der Waals surface area contributed by atoms with Crippen molar-refractivity contribution in [2.75, 3.05) is 0 Å². The van der Waals surface area contributed by atoms with E-state index in [-0.39, 0.29) is 32.7 Å². The first-order valence-corrected chi connectivity index (χ1v) is 11.0. The van der Waals surface area contributed by atoms with Gasteiger partial charge in [-0.05, 0) is 35.9 Å². The van der Waals surface area contributed by atoms with Crippen molar-refractivity contribution in [3.63, 3.8) is 0 Å². The van der Waals surface area contributed by atoms with Gasteiger partial charge in [0.15, 0.2) is 5.60 Å². The number of carbonyl (C=O) groups is 1. The number of carboxylic acid groups (broad SMARTS) is 1. The van der Waals surface area contributed by atoms with Gasteiger partial charge in [0.05, 0.1) is 10.6 Å². The first-order valence-electron chi connectivity index (χ1n) is 9.82. The molecule has 0 spiro atoms. The molecule has 1 aromatic heterocycles. The summed E-state index contributed by atoms with van der Waals surface area (Å²) < 4.78 is 49.1. The van der Waals surface area contributed by atoms with Crippen molar-refractivity contribution in [3.8, 4) is 11.5 Å². The number of aromatic carboxylic acids is 1. The number of pyridine rings is 1. The molecule has 3 rings (SSSR count).